The average Bonchev–Trinajstić information content (AvgIpc) is 2.32. The van der Waals surface area contributed by atoms with E-state index >= 15 is 0 Å². The molecule has 1 amide bonds. The number of aryl methyl sites for hydroxylation is 1. The van der Waals surface area contributed by atoms with Gasteiger partial charge in [-0.05, 0) is 43.0 Å². The Labute approximate surface area is 121 Å². The molecule has 0 fully saturated rings. The average molecular weight is 359 g/mol. The number of halogens is 2. The summed E-state index contributed by atoms with van der Waals surface area (Å²) in [5, 5.41) is 3.28. The van der Waals surface area contributed by atoms with Crippen LogP contribution in [0, 0.1) is 12.7 Å². The molecule has 0 radical (unpaired) electrons. The Morgan fingerprint density at radius 1 is 1.56 bits per heavy atom. The van der Waals surface area contributed by atoms with Gasteiger partial charge in [0.25, 0.3) is 0 Å². The highest BCUT2D eigenvalue weighted by Gasteiger charge is 2.04. The molecule has 2 nitrogen and oxygen atoms in total. The molecule has 0 heterocycles. The number of benzene rings is 1. The van der Waals surface area contributed by atoms with Crippen molar-refractivity contribution in [3.63, 3.8) is 0 Å². The lowest BCUT2D eigenvalue weighted by atomic mass is 9.99. The molecule has 0 bridgehead atoms. The van der Waals surface area contributed by atoms with E-state index < -0.39 is 0 Å². The highest BCUT2D eigenvalue weighted by molar-refractivity contribution is 14.1. The van der Waals surface area contributed by atoms with Crippen molar-refractivity contribution >= 4 is 33.3 Å². The van der Waals surface area contributed by atoms with Crippen molar-refractivity contribution in [1.82, 2.24) is 5.32 Å². The zero-order valence-electron chi connectivity index (χ0n) is 10.4. The molecule has 1 aromatic rings. The molecule has 0 atom stereocenters. The Balaban J connectivity index is 2.42. The van der Waals surface area contributed by atoms with Gasteiger partial charge in [0.1, 0.15) is 5.82 Å². The molecule has 0 unspecified atom stereocenters. The molecule has 0 aliphatic rings. The molecule has 0 aliphatic heterocycles. The lowest BCUT2D eigenvalue weighted by molar-refractivity contribution is 0.259. The second kappa shape index (κ2) is 7.56. The third kappa shape index (κ3) is 5.20. The molecular weight excluding hydrogens is 343 g/mol. The molecule has 0 saturated carbocycles. The molecule has 5 heteroatoms. The van der Waals surface area contributed by atoms with Crippen LogP contribution < -0.4 is 5.32 Å². The highest BCUT2D eigenvalue weighted by Crippen LogP contribution is 2.15. The first kappa shape index (κ1) is 15.2. The summed E-state index contributed by atoms with van der Waals surface area (Å²) in [7, 11) is 0. The number of hydrogen-bond donors (Lipinski definition) is 1. The van der Waals surface area contributed by atoms with Gasteiger partial charge in [-0.2, -0.15) is 0 Å². The van der Waals surface area contributed by atoms with E-state index in [2.05, 4.69) is 11.9 Å². The summed E-state index contributed by atoms with van der Waals surface area (Å²) < 4.78 is 12.9. The lowest BCUT2D eigenvalue weighted by Crippen LogP contribution is -2.25. The Morgan fingerprint density at radius 2 is 2.28 bits per heavy atom. The number of rotatable bonds is 6. The van der Waals surface area contributed by atoms with E-state index in [1.807, 2.05) is 29.3 Å². The SMILES string of the molecule is C=C(CCNC(=O)BI)Cc1ccc(F)cc1C. The van der Waals surface area contributed by atoms with Gasteiger partial charge in [0.05, 0.1) is 0 Å². The fourth-order valence-corrected chi connectivity index (χ4v) is 1.91. The third-order valence-electron chi connectivity index (χ3n) is 2.67. The maximum absolute atomic E-state index is 12.9. The topological polar surface area (TPSA) is 29.1 Å². The van der Waals surface area contributed by atoms with Crippen LogP contribution in [0.15, 0.2) is 30.4 Å². The molecule has 0 aromatic heterocycles. The highest BCUT2D eigenvalue weighted by atomic mass is 127. The first-order valence-electron chi connectivity index (χ1n) is 5.77. The van der Waals surface area contributed by atoms with Crippen molar-refractivity contribution in [2.75, 3.05) is 6.54 Å². The molecule has 0 aliphatic carbocycles. The summed E-state index contributed by atoms with van der Waals surface area (Å²) in [6, 6.07) is 4.78. The van der Waals surface area contributed by atoms with Gasteiger partial charge in [-0.1, -0.05) is 18.2 Å². The summed E-state index contributed by atoms with van der Waals surface area (Å²) in [6.45, 7) is 6.49. The van der Waals surface area contributed by atoms with Gasteiger partial charge in [0, 0.05) is 6.54 Å². The van der Waals surface area contributed by atoms with Crippen LogP contribution in [-0.4, -0.2) is 17.5 Å². The van der Waals surface area contributed by atoms with Gasteiger partial charge < -0.3 is 5.32 Å². The molecule has 1 N–H and O–H groups in total. The number of carbonyl (C=O) groups is 1. The van der Waals surface area contributed by atoms with Gasteiger partial charge in [-0.15, -0.1) is 22.4 Å². The van der Waals surface area contributed by atoms with E-state index in [0.29, 0.717) is 11.7 Å². The zero-order chi connectivity index (χ0) is 13.5. The van der Waals surface area contributed by atoms with Crippen molar-refractivity contribution in [2.45, 2.75) is 19.8 Å². The van der Waals surface area contributed by atoms with Gasteiger partial charge in [0.15, 0.2) is 5.81 Å². The molecule has 0 saturated heterocycles. The summed E-state index contributed by atoms with van der Waals surface area (Å²) in [5.74, 6) is -0.169. The van der Waals surface area contributed by atoms with Crippen molar-refractivity contribution < 1.29 is 9.18 Å². The maximum atomic E-state index is 12.9. The molecule has 96 valence electrons. The van der Waals surface area contributed by atoms with E-state index in [9.17, 15) is 9.18 Å². The monoisotopic (exact) mass is 359 g/mol. The number of amides is 1. The van der Waals surface area contributed by atoms with E-state index in [4.69, 9.17) is 0 Å². The minimum absolute atomic E-state index is 0.0429. The van der Waals surface area contributed by atoms with Crippen LogP contribution in [0.3, 0.4) is 0 Å². The van der Waals surface area contributed by atoms with Crippen LogP contribution in [0.4, 0.5) is 9.18 Å². The fourth-order valence-electron chi connectivity index (χ4n) is 1.64. The number of nitrogens with one attached hydrogen (secondary N) is 1. The first-order chi connectivity index (χ1) is 8.52. The van der Waals surface area contributed by atoms with E-state index in [0.717, 1.165) is 29.5 Å². The van der Waals surface area contributed by atoms with Gasteiger partial charge in [-0.25, -0.2) is 4.39 Å². The molecular formula is C13H16BFINO. The normalized spacial score (nSPS) is 9.94. The second-order valence-corrected chi connectivity index (χ2v) is 4.99. The van der Waals surface area contributed by atoms with Crippen molar-refractivity contribution in [1.29, 1.82) is 0 Å². The number of hydrogen-bond acceptors (Lipinski definition) is 1. The van der Waals surface area contributed by atoms with Crippen molar-refractivity contribution in [3.05, 3.63) is 47.3 Å². The summed E-state index contributed by atoms with van der Waals surface area (Å²) in [5.41, 5.74) is 3.06. The van der Waals surface area contributed by atoms with E-state index in [-0.39, 0.29) is 11.6 Å². The van der Waals surface area contributed by atoms with Crippen LogP contribution in [0.2, 0.25) is 0 Å². The van der Waals surface area contributed by atoms with Gasteiger partial charge in [0.2, 0.25) is 0 Å². The Morgan fingerprint density at radius 3 is 2.89 bits per heavy atom. The lowest BCUT2D eigenvalue weighted by Gasteiger charge is -2.09. The Kier molecular flexibility index (Phi) is 6.39. The van der Waals surface area contributed by atoms with E-state index in [1.165, 1.54) is 12.1 Å². The fraction of sp³-hybridized carbons (Fsp3) is 0.308. The number of carbonyl (C=O) groups excluding carboxylic acids is 1. The molecule has 1 rings (SSSR count). The molecule has 18 heavy (non-hydrogen) atoms. The Hall–Kier alpha value is -0.845. The zero-order valence-corrected chi connectivity index (χ0v) is 12.6. The van der Waals surface area contributed by atoms with Gasteiger partial charge >= 0.3 is 5.14 Å². The minimum atomic E-state index is -0.212. The largest absolute Gasteiger partial charge is 0.364 e. The standard InChI is InChI=1S/C13H16BFINO/c1-9(5-6-17-13(18)14-16)7-11-3-4-12(15)8-10(11)2/h3-4,8,14H,1,5-7H2,2H3,(H,17,18). The summed E-state index contributed by atoms with van der Waals surface area (Å²) in [4.78, 5) is 11.1. The summed E-state index contributed by atoms with van der Waals surface area (Å²) in [6.07, 6.45) is 1.48. The van der Waals surface area contributed by atoms with Crippen LogP contribution in [-0.2, 0) is 6.42 Å². The Bertz CT molecular complexity index is 451. The smallest absolute Gasteiger partial charge is 0.307 e. The van der Waals surface area contributed by atoms with Crippen LogP contribution >= 0.6 is 22.4 Å². The first-order valence-corrected chi connectivity index (χ1v) is 7.30. The quantitative estimate of drug-likeness (QED) is 0.472. The maximum Gasteiger partial charge on any atom is 0.307 e. The van der Waals surface area contributed by atoms with Gasteiger partial charge in [-0.3, -0.25) is 4.79 Å². The molecule has 0 spiro atoms. The predicted molar refractivity (Wildman–Crippen MR) is 83.2 cm³/mol. The molecule has 1 aromatic carbocycles. The second-order valence-electron chi connectivity index (χ2n) is 4.23. The minimum Gasteiger partial charge on any atom is -0.364 e. The van der Waals surface area contributed by atoms with Crippen LogP contribution in [0.1, 0.15) is 17.5 Å². The third-order valence-corrected chi connectivity index (χ3v) is 3.36. The predicted octanol–water partition coefficient (Wildman–Crippen LogP) is 3.12. The van der Waals surface area contributed by atoms with Crippen LogP contribution in [0.25, 0.3) is 0 Å². The van der Waals surface area contributed by atoms with E-state index in [1.54, 1.807) is 6.07 Å². The van der Waals surface area contributed by atoms with Crippen molar-refractivity contribution in [3.8, 4) is 0 Å². The summed E-state index contributed by atoms with van der Waals surface area (Å²) >= 11 is 2.03. The van der Waals surface area contributed by atoms with Crippen molar-refractivity contribution in [2.24, 2.45) is 0 Å². The van der Waals surface area contributed by atoms with Crippen LogP contribution in [0.5, 0.6) is 0 Å².